The number of halogens is 1. The van der Waals surface area contributed by atoms with E-state index < -0.39 is 23.9 Å². The number of para-hydroxylation sites is 1. The lowest BCUT2D eigenvalue weighted by Crippen LogP contribution is -2.49. The lowest BCUT2D eigenvalue weighted by molar-refractivity contribution is -0.136. The minimum atomic E-state index is -0.617. The monoisotopic (exact) mass is 425 g/mol. The highest BCUT2D eigenvalue weighted by atomic mass is 35.5. The quantitative estimate of drug-likeness (QED) is 0.734. The van der Waals surface area contributed by atoms with Gasteiger partial charge in [0.2, 0.25) is 5.91 Å². The van der Waals surface area contributed by atoms with E-state index in [0.717, 1.165) is 16.7 Å². The van der Waals surface area contributed by atoms with Crippen molar-refractivity contribution in [3.05, 3.63) is 75.4 Å². The second-order valence-electron chi connectivity index (χ2n) is 7.30. The Morgan fingerprint density at radius 1 is 1.20 bits per heavy atom. The van der Waals surface area contributed by atoms with Crippen LogP contribution in [0.25, 0.3) is 0 Å². The van der Waals surface area contributed by atoms with Gasteiger partial charge in [-0.2, -0.15) is 0 Å². The third-order valence-electron chi connectivity index (χ3n) is 5.20. The van der Waals surface area contributed by atoms with Crippen LogP contribution in [0, 0.1) is 13.8 Å². The molecule has 30 heavy (non-hydrogen) atoms. The molecule has 2 aliphatic heterocycles. The smallest absolute Gasteiger partial charge is 0.338 e. The molecule has 0 unspecified atom stereocenters. The Kier molecular flexibility index (Phi) is 5.22. The van der Waals surface area contributed by atoms with E-state index in [1.165, 1.54) is 4.90 Å². The van der Waals surface area contributed by atoms with E-state index in [1.807, 2.05) is 44.2 Å². The molecule has 0 saturated carbocycles. The van der Waals surface area contributed by atoms with Gasteiger partial charge in [0.05, 0.1) is 28.0 Å². The number of amides is 3. The van der Waals surface area contributed by atoms with E-state index in [9.17, 15) is 14.4 Å². The standard InChI is InChI=1S/C22H20ClN3O4/c1-12-6-8-14(9-7-12)20-18-16(11-30-21(18)28)26(22(29)25-20)10-17(27)24-19-13(2)4-3-5-15(19)23/h3-9,20H,10-11H2,1-2H3,(H,24,27)(H,25,29)/t20-/m1/s1. The third kappa shape index (κ3) is 3.64. The van der Waals surface area contributed by atoms with E-state index in [2.05, 4.69) is 10.6 Å². The number of hydrogen-bond donors (Lipinski definition) is 2. The van der Waals surface area contributed by atoms with Crippen LogP contribution >= 0.6 is 11.6 Å². The number of ether oxygens (including phenoxy) is 1. The van der Waals surface area contributed by atoms with Gasteiger partial charge in [-0.1, -0.05) is 53.6 Å². The summed E-state index contributed by atoms with van der Waals surface area (Å²) in [5.41, 5.74) is 3.89. The molecule has 1 atom stereocenters. The zero-order valence-electron chi connectivity index (χ0n) is 16.5. The first-order valence-electron chi connectivity index (χ1n) is 9.45. The van der Waals surface area contributed by atoms with Gasteiger partial charge in [0.1, 0.15) is 13.2 Å². The highest BCUT2D eigenvalue weighted by Gasteiger charge is 2.42. The Hall–Kier alpha value is -3.32. The van der Waals surface area contributed by atoms with Gasteiger partial charge < -0.3 is 15.4 Å². The van der Waals surface area contributed by atoms with Gasteiger partial charge in [-0.15, -0.1) is 0 Å². The van der Waals surface area contributed by atoms with Crippen LogP contribution in [0.3, 0.4) is 0 Å². The van der Waals surface area contributed by atoms with Crippen LogP contribution in [0.5, 0.6) is 0 Å². The summed E-state index contributed by atoms with van der Waals surface area (Å²) in [7, 11) is 0. The Morgan fingerprint density at radius 2 is 1.93 bits per heavy atom. The van der Waals surface area contributed by atoms with Gasteiger partial charge in [-0.3, -0.25) is 9.69 Å². The molecule has 154 valence electrons. The molecule has 2 aliphatic rings. The Labute approximate surface area is 178 Å². The Bertz CT molecular complexity index is 1060. The predicted octanol–water partition coefficient (Wildman–Crippen LogP) is 3.47. The van der Waals surface area contributed by atoms with Crippen LogP contribution in [-0.2, 0) is 14.3 Å². The van der Waals surface area contributed by atoms with Crippen molar-refractivity contribution in [3.63, 3.8) is 0 Å². The lowest BCUT2D eigenvalue weighted by Gasteiger charge is -2.32. The van der Waals surface area contributed by atoms with Crippen molar-refractivity contribution in [2.75, 3.05) is 18.5 Å². The number of nitrogens with zero attached hydrogens (tertiary/aromatic N) is 1. The summed E-state index contributed by atoms with van der Waals surface area (Å²) in [6, 6.07) is 11.7. The molecule has 3 amide bonds. The van der Waals surface area contributed by atoms with Crippen LogP contribution in [0.15, 0.2) is 53.7 Å². The largest absolute Gasteiger partial charge is 0.456 e. The maximum absolute atomic E-state index is 12.8. The predicted molar refractivity (Wildman–Crippen MR) is 112 cm³/mol. The molecule has 0 aromatic heterocycles. The van der Waals surface area contributed by atoms with Gasteiger partial charge in [0, 0.05) is 0 Å². The minimum Gasteiger partial charge on any atom is -0.456 e. The summed E-state index contributed by atoms with van der Waals surface area (Å²) in [4.78, 5) is 39.1. The van der Waals surface area contributed by atoms with Crippen molar-refractivity contribution in [1.82, 2.24) is 10.2 Å². The van der Waals surface area contributed by atoms with Crippen LogP contribution < -0.4 is 10.6 Å². The highest BCUT2D eigenvalue weighted by Crippen LogP contribution is 2.35. The zero-order valence-corrected chi connectivity index (χ0v) is 17.2. The van der Waals surface area contributed by atoms with Crippen molar-refractivity contribution in [3.8, 4) is 0 Å². The number of rotatable bonds is 4. The Balaban J connectivity index is 1.60. The maximum Gasteiger partial charge on any atom is 0.338 e. The summed E-state index contributed by atoms with van der Waals surface area (Å²) in [5.74, 6) is -0.927. The number of urea groups is 1. The van der Waals surface area contributed by atoms with E-state index >= 15 is 0 Å². The summed E-state index contributed by atoms with van der Waals surface area (Å²) in [6.45, 7) is 3.46. The summed E-state index contributed by atoms with van der Waals surface area (Å²) in [6.07, 6.45) is 0. The molecule has 7 nitrogen and oxygen atoms in total. The molecule has 2 N–H and O–H groups in total. The number of nitrogens with one attached hydrogen (secondary N) is 2. The number of aryl methyl sites for hydroxylation is 2. The molecule has 2 aromatic rings. The molecule has 0 radical (unpaired) electrons. The molecule has 4 rings (SSSR count). The van der Waals surface area contributed by atoms with Crippen LogP contribution in [-0.4, -0.2) is 36.0 Å². The highest BCUT2D eigenvalue weighted by molar-refractivity contribution is 6.34. The van der Waals surface area contributed by atoms with Crippen LogP contribution in [0.1, 0.15) is 22.7 Å². The van der Waals surface area contributed by atoms with E-state index in [-0.39, 0.29) is 13.2 Å². The zero-order chi connectivity index (χ0) is 21.4. The molecule has 2 aromatic carbocycles. The maximum atomic E-state index is 12.8. The van der Waals surface area contributed by atoms with Crippen molar-refractivity contribution < 1.29 is 19.1 Å². The number of anilines is 1. The van der Waals surface area contributed by atoms with E-state index in [4.69, 9.17) is 16.3 Å². The van der Waals surface area contributed by atoms with Crippen LogP contribution in [0.2, 0.25) is 5.02 Å². The first-order valence-corrected chi connectivity index (χ1v) is 9.82. The van der Waals surface area contributed by atoms with Gasteiger partial charge in [-0.05, 0) is 31.0 Å². The van der Waals surface area contributed by atoms with Gasteiger partial charge in [0.25, 0.3) is 0 Å². The minimum absolute atomic E-state index is 0.0532. The molecule has 0 spiro atoms. The van der Waals surface area contributed by atoms with E-state index in [1.54, 1.807) is 12.1 Å². The topological polar surface area (TPSA) is 87.7 Å². The molecule has 0 saturated heterocycles. The van der Waals surface area contributed by atoms with Crippen molar-refractivity contribution in [1.29, 1.82) is 0 Å². The fraction of sp³-hybridized carbons (Fsp3) is 0.227. The molecule has 0 aliphatic carbocycles. The average Bonchev–Trinajstić information content (AvgIpc) is 3.09. The van der Waals surface area contributed by atoms with Crippen molar-refractivity contribution in [2.45, 2.75) is 19.9 Å². The third-order valence-corrected chi connectivity index (χ3v) is 5.51. The lowest BCUT2D eigenvalue weighted by atomic mass is 9.95. The summed E-state index contributed by atoms with van der Waals surface area (Å²) < 4.78 is 5.19. The first-order chi connectivity index (χ1) is 14.3. The van der Waals surface area contributed by atoms with Crippen LogP contribution in [0.4, 0.5) is 10.5 Å². The molecule has 8 heteroatoms. The molecule has 2 heterocycles. The van der Waals surface area contributed by atoms with E-state index in [0.29, 0.717) is 22.0 Å². The number of carbonyl (C=O) groups excluding carboxylic acids is 3. The first kappa shape index (κ1) is 20.0. The Morgan fingerprint density at radius 3 is 2.63 bits per heavy atom. The van der Waals surface area contributed by atoms with Crippen molar-refractivity contribution in [2.24, 2.45) is 0 Å². The molecule has 0 bridgehead atoms. The van der Waals surface area contributed by atoms with Crippen molar-refractivity contribution >= 4 is 35.2 Å². The second kappa shape index (κ2) is 7.84. The molecular weight excluding hydrogens is 406 g/mol. The number of benzene rings is 2. The van der Waals surface area contributed by atoms with Gasteiger partial charge in [-0.25, -0.2) is 9.59 Å². The average molecular weight is 426 g/mol. The molecular formula is C22H20ClN3O4. The number of hydrogen-bond acceptors (Lipinski definition) is 4. The number of cyclic esters (lactones) is 1. The number of esters is 1. The molecule has 0 fully saturated rings. The fourth-order valence-corrected chi connectivity index (χ4v) is 3.87. The fourth-order valence-electron chi connectivity index (χ4n) is 3.60. The summed E-state index contributed by atoms with van der Waals surface area (Å²) in [5, 5.41) is 5.97. The van der Waals surface area contributed by atoms with Gasteiger partial charge >= 0.3 is 12.0 Å². The van der Waals surface area contributed by atoms with Gasteiger partial charge in [0.15, 0.2) is 0 Å². The normalized spacial score (nSPS) is 18.1. The number of carbonyl (C=O) groups is 3. The SMILES string of the molecule is Cc1ccc([C@H]2NC(=O)N(CC(=O)Nc3c(C)cccc3Cl)C3=C2C(=O)OC3)cc1. The summed E-state index contributed by atoms with van der Waals surface area (Å²) >= 11 is 6.17. The second-order valence-corrected chi connectivity index (χ2v) is 7.70.